The molecule has 0 heterocycles. The van der Waals surface area contributed by atoms with Crippen molar-refractivity contribution in [3.8, 4) is 0 Å². The maximum atomic E-state index is 12.3. The molecule has 0 radical (unpaired) electrons. The Morgan fingerprint density at radius 2 is 1.79 bits per heavy atom. The zero-order chi connectivity index (χ0) is 14.0. The number of sulfonamides is 1. The number of anilines is 1. The fourth-order valence-electron chi connectivity index (χ4n) is 1.56. The topological polar surface area (TPSA) is 46.2 Å². The van der Waals surface area contributed by atoms with Gasteiger partial charge < -0.3 is 0 Å². The van der Waals surface area contributed by atoms with Crippen molar-refractivity contribution in [2.75, 3.05) is 4.72 Å². The minimum absolute atomic E-state index is 0.218. The Labute approximate surface area is 129 Å². The summed E-state index contributed by atoms with van der Waals surface area (Å²) in [7, 11) is -3.59. The molecule has 0 aliphatic carbocycles. The van der Waals surface area contributed by atoms with Crippen LogP contribution in [0.5, 0.6) is 0 Å². The quantitative estimate of drug-likeness (QED) is 0.827. The Balaban J connectivity index is 2.39. The average molecular weight is 405 g/mol. The summed E-state index contributed by atoms with van der Waals surface area (Å²) >= 11 is 6.60. The van der Waals surface area contributed by atoms with Crippen LogP contribution in [0.25, 0.3) is 0 Å². The largest absolute Gasteiger partial charge is 0.278 e. The van der Waals surface area contributed by atoms with Gasteiger partial charge in [0.1, 0.15) is 0 Å². The van der Waals surface area contributed by atoms with Crippen molar-refractivity contribution < 1.29 is 8.42 Å². The second kappa shape index (κ2) is 5.64. The predicted molar refractivity (Wildman–Crippen MR) is 83.8 cm³/mol. The van der Waals surface area contributed by atoms with Crippen molar-refractivity contribution in [1.82, 2.24) is 0 Å². The van der Waals surface area contributed by atoms with Gasteiger partial charge in [0, 0.05) is 8.95 Å². The van der Waals surface area contributed by atoms with Crippen LogP contribution in [-0.4, -0.2) is 8.42 Å². The second-order valence-electron chi connectivity index (χ2n) is 4.05. The van der Waals surface area contributed by atoms with E-state index in [9.17, 15) is 8.42 Å². The minimum Gasteiger partial charge on any atom is -0.278 e. The monoisotopic (exact) mass is 403 g/mol. The van der Waals surface area contributed by atoms with Crippen LogP contribution in [0.15, 0.2) is 56.3 Å². The number of halogens is 2. The first kappa shape index (κ1) is 14.6. The van der Waals surface area contributed by atoms with E-state index in [1.54, 1.807) is 30.3 Å². The van der Waals surface area contributed by atoms with Crippen molar-refractivity contribution in [2.24, 2.45) is 0 Å². The van der Waals surface area contributed by atoms with Gasteiger partial charge in [-0.15, -0.1) is 0 Å². The van der Waals surface area contributed by atoms with Crippen molar-refractivity contribution in [3.63, 3.8) is 0 Å². The molecule has 0 aliphatic heterocycles. The van der Waals surface area contributed by atoms with E-state index in [-0.39, 0.29) is 4.90 Å². The summed E-state index contributed by atoms with van der Waals surface area (Å²) < 4.78 is 28.5. The van der Waals surface area contributed by atoms with E-state index in [4.69, 9.17) is 0 Å². The van der Waals surface area contributed by atoms with Crippen LogP contribution < -0.4 is 4.72 Å². The summed E-state index contributed by atoms with van der Waals surface area (Å²) in [6.07, 6.45) is 0. The van der Waals surface area contributed by atoms with Gasteiger partial charge in [0.25, 0.3) is 10.0 Å². The minimum atomic E-state index is -3.59. The summed E-state index contributed by atoms with van der Waals surface area (Å²) in [4.78, 5) is 0.218. The smallest absolute Gasteiger partial charge is 0.261 e. The highest BCUT2D eigenvalue weighted by Gasteiger charge is 2.15. The van der Waals surface area contributed by atoms with E-state index < -0.39 is 10.0 Å². The molecule has 0 saturated heterocycles. The molecule has 2 aromatic rings. The third kappa shape index (κ3) is 3.58. The molecule has 0 saturated carbocycles. The Hall–Kier alpha value is -0.850. The van der Waals surface area contributed by atoms with Crippen LogP contribution >= 0.6 is 31.9 Å². The SMILES string of the molecule is Cc1ccc(Br)c(NS(=O)(=O)c2cccc(Br)c2)c1. The Kier molecular flexibility index (Phi) is 4.32. The lowest BCUT2D eigenvalue weighted by molar-refractivity contribution is 0.601. The molecule has 3 nitrogen and oxygen atoms in total. The number of hydrogen-bond acceptors (Lipinski definition) is 2. The van der Waals surface area contributed by atoms with Crippen molar-refractivity contribution >= 4 is 47.6 Å². The summed E-state index contributed by atoms with van der Waals surface area (Å²) in [5.74, 6) is 0. The van der Waals surface area contributed by atoms with Gasteiger partial charge in [-0.25, -0.2) is 8.42 Å². The van der Waals surface area contributed by atoms with Crippen LogP contribution in [0.1, 0.15) is 5.56 Å². The maximum Gasteiger partial charge on any atom is 0.261 e. The highest BCUT2D eigenvalue weighted by molar-refractivity contribution is 9.10. The first-order valence-corrected chi connectivity index (χ1v) is 8.50. The highest BCUT2D eigenvalue weighted by atomic mass is 79.9. The van der Waals surface area contributed by atoms with Gasteiger partial charge in [-0.1, -0.05) is 28.1 Å². The van der Waals surface area contributed by atoms with E-state index in [1.165, 1.54) is 0 Å². The first-order valence-electron chi connectivity index (χ1n) is 5.43. The molecule has 100 valence electrons. The molecule has 0 spiro atoms. The molecule has 2 aromatic carbocycles. The van der Waals surface area contributed by atoms with Gasteiger partial charge in [-0.05, 0) is 58.7 Å². The van der Waals surface area contributed by atoms with E-state index in [2.05, 4.69) is 36.6 Å². The number of aryl methyl sites for hydroxylation is 1. The zero-order valence-corrected chi connectivity index (χ0v) is 14.0. The molecule has 1 N–H and O–H groups in total. The molecule has 0 aliphatic rings. The molecular formula is C13H11Br2NO2S. The zero-order valence-electron chi connectivity index (χ0n) is 10.0. The number of hydrogen-bond donors (Lipinski definition) is 1. The van der Waals surface area contributed by atoms with E-state index >= 15 is 0 Å². The number of rotatable bonds is 3. The van der Waals surface area contributed by atoms with Gasteiger partial charge in [0.05, 0.1) is 10.6 Å². The van der Waals surface area contributed by atoms with E-state index in [1.807, 2.05) is 19.1 Å². The number of nitrogens with one attached hydrogen (secondary N) is 1. The van der Waals surface area contributed by atoms with E-state index in [0.717, 1.165) is 10.0 Å². The third-order valence-corrected chi connectivity index (χ3v) is 5.02. The van der Waals surface area contributed by atoms with Crippen LogP contribution in [0.4, 0.5) is 5.69 Å². The van der Waals surface area contributed by atoms with Gasteiger partial charge in [0.2, 0.25) is 0 Å². The molecule has 6 heteroatoms. The van der Waals surface area contributed by atoms with Gasteiger partial charge in [0.15, 0.2) is 0 Å². The predicted octanol–water partition coefficient (Wildman–Crippen LogP) is 4.32. The lowest BCUT2D eigenvalue weighted by Crippen LogP contribution is -2.13. The van der Waals surface area contributed by atoms with Gasteiger partial charge in [-0.3, -0.25) is 4.72 Å². The van der Waals surface area contributed by atoms with Crippen LogP contribution in [-0.2, 0) is 10.0 Å². The van der Waals surface area contributed by atoms with Crippen LogP contribution in [0, 0.1) is 6.92 Å². The van der Waals surface area contributed by atoms with Crippen LogP contribution in [0.2, 0.25) is 0 Å². The molecule has 0 amide bonds. The summed E-state index contributed by atoms with van der Waals surface area (Å²) in [6, 6.07) is 12.1. The fraction of sp³-hybridized carbons (Fsp3) is 0.0769. The standard InChI is InChI=1S/C13H11Br2NO2S/c1-9-5-6-12(15)13(7-9)16-19(17,18)11-4-2-3-10(14)8-11/h2-8,16H,1H3. The maximum absolute atomic E-state index is 12.3. The summed E-state index contributed by atoms with van der Waals surface area (Å²) in [6.45, 7) is 1.91. The summed E-state index contributed by atoms with van der Waals surface area (Å²) in [5, 5.41) is 0. The highest BCUT2D eigenvalue weighted by Crippen LogP contribution is 2.26. The van der Waals surface area contributed by atoms with Crippen molar-refractivity contribution in [3.05, 3.63) is 57.0 Å². The molecule has 0 fully saturated rings. The number of benzene rings is 2. The van der Waals surface area contributed by atoms with Crippen LogP contribution in [0.3, 0.4) is 0 Å². The van der Waals surface area contributed by atoms with Crippen molar-refractivity contribution in [1.29, 1.82) is 0 Å². The van der Waals surface area contributed by atoms with Crippen molar-refractivity contribution in [2.45, 2.75) is 11.8 Å². The molecular weight excluding hydrogens is 394 g/mol. The fourth-order valence-corrected chi connectivity index (χ4v) is 3.70. The lowest BCUT2D eigenvalue weighted by atomic mass is 10.2. The Morgan fingerprint density at radius 1 is 1.05 bits per heavy atom. The summed E-state index contributed by atoms with van der Waals surface area (Å²) in [5.41, 5.74) is 1.51. The Morgan fingerprint density at radius 3 is 2.47 bits per heavy atom. The second-order valence-corrected chi connectivity index (χ2v) is 7.50. The molecule has 0 atom stereocenters. The molecule has 0 bridgehead atoms. The molecule has 19 heavy (non-hydrogen) atoms. The normalized spacial score (nSPS) is 11.3. The van der Waals surface area contributed by atoms with Gasteiger partial charge >= 0.3 is 0 Å². The third-order valence-electron chi connectivity index (χ3n) is 2.47. The average Bonchev–Trinajstić information content (AvgIpc) is 2.33. The van der Waals surface area contributed by atoms with E-state index in [0.29, 0.717) is 10.2 Å². The molecule has 2 rings (SSSR count). The molecule has 0 unspecified atom stereocenters. The first-order chi connectivity index (χ1) is 8.88. The van der Waals surface area contributed by atoms with Gasteiger partial charge in [-0.2, -0.15) is 0 Å². The lowest BCUT2D eigenvalue weighted by Gasteiger charge is -2.10. The molecule has 0 aromatic heterocycles. The Bertz CT molecular complexity index is 714.